The zero-order valence-electron chi connectivity index (χ0n) is 17.5. The van der Waals surface area contributed by atoms with E-state index in [1.807, 2.05) is 63.2 Å². The zero-order valence-corrected chi connectivity index (χ0v) is 19.1. The van der Waals surface area contributed by atoms with Crippen LogP contribution in [-0.2, 0) is 4.79 Å². The number of nitrogens with zero attached hydrogens (tertiary/aromatic N) is 4. The van der Waals surface area contributed by atoms with E-state index < -0.39 is 6.04 Å². The predicted octanol–water partition coefficient (Wildman–Crippen LogP) is 4.46. The fourth-order valence-electron chi connectivity index (χ4n) is 3.51. The zero-order chi connectivity index (χ0) is 22.0. The molecular formula is C22H23BrN6O2. The van der Waals surface area contributed by atoms with Crippen LogP contribution >= 0.6 is 15.9 Å². The maximum Gasteiger partial charge on any atom is 0.255 e. The Hall–Kier alpha value is -3.20. The second-order valence-corrected chi connectivity index (χ2v) is 8.28. The average Bonchev–Trinajstić information content (AvgIpc) is 3.21. The largest absolute Gasteiger partial charge is 0.493 e. The van der Waals surface area contributed by atoms with E-state index in [1.165, 1.54) is 0 Å². The number of rotatable bonds is 6. The average molecular weight is 483 g/mol. The molecule has 1 unspecified atom stereocenters. The number of allylic oxidation sites excluding steroid dienone is 1. The smallest absolute Gasteiger partial charge is 0.255 e. The van der Waals surface area contributed by atoms with Crippen LogP contribution in [0.25, 0.3) is 0 Å². The maximum absolute atomic E-state index is 13.4. The summed E-state index contributed by atoms with van der Waals surface area (Å²) in [6, 6.07) is 12.9. The van der Waals surface area contributed by atoms with Gasteiger partial charge in [-0.25, -0.2) is 0 Å². The summed E-state index contributed by atoms with van der Waals surface area (Å²) in [4.78, 5) is 13.4. The molecule has 0 spiro atoms. The van der Waals surface area contributed by atoms with Crippen LogP contribution in [0, 0.1) is 6.92 Å². The molecule has 0 aliphatic carbocycles. The summed E-state index contributed by atoms with van der Waals surface area (Å²) >= 11 is 3.55. The number of amides is 1. The number of hydrogen-bond donors (Lipinski definition) is 2. The predicted molar refractivity (Wildman–Crippen MR) is 122 cm³/mol. The van der Waals surface area contributed by atoms with E-state index >= 15 is 0 Å². The van der Waals surface area contributed by atoms with Crippen molar-refractivity contribution in [3.63, 3.8) is 0 Å². The van der Waals surface area contributed by atoms with Crippen molar-refractivity contribution >= 4 is 33.5 Å². The first-order valence-corrected chi connectivity index (χ1v) is 10.8. The van der Waals surface area contributed by atoms with Gasteiger partial charge in [0.2, 0.25) is 5.95 Å². The topological polar surface area (TPSA) is 94.0 Å². The molecule has 2 heterocycles. The van der Waals surface area contributed by atoms with Gasteiger partial charge in [0.15, 0.2) is 0 Å². The third kappa shape index (κ3) is 4.32. The highest BCUT2D eigenvalue weighted by molar-refractivity contribution is 9.10. The van der Waals surface area contributed by atoms with Gasteiger partial charge in [0.25, 0.3) is 5.91 Å². The van der Waals surface area contributed by atoms with Gasteiger partial charge in [-0.2, -0.15) is 4.68 Å². The lowest BCUT2D eigenvalue weighted by molar-refractivity contribution is -0.113. The Kier molecular flexibility index (Phi) is 6.03. The molecule has 0 bridgehead atoms. The second-order valence-electron chi connectivity index (χ2n) is 7.36. The Bertz CT molecular complexity index is 1140. The van der Waals surface area contributed by atoms with Gasteiger partial charge in [0.1, 0.15) is 11.8 Å². The highest BCUT2D eigenvalue weighted by Gasteiger charge is 2.36. The molecule has 1 aromatic heterocycles. The number of carbonyl (C=O) groups excluding carboxylic acids is 1. The van der Waals surface area contributed by atoms with E-state index in [9.17, 15) is 4.79 Å². The van der Waals surface area contributed by atoms with Gasteiger partial charge < -0.3 is 15.4 Å². The monoisotopic (exact) mass is 482 g/mol. The molecule has 8 nitrogen and oxygen atoms in total. The van der Waals surface area contributed by atoms with Gasteiger partial charge in [-0.05, 0) is 61.0 Å². The summed E-state index contributed by atoms with van der Waals surface area (Å²) in [6.45, 7) is 6.46. The van der Waals surface area contributed by atoms with E-state index in [0.29, 0.717) is 35.3 Å². The fraction of sp³-hybridized carbons (Fsp3) is 0.273. The van der Waals surface area contributed by atoms with Crippen LogP contribution in [0.4, 0.5) is 11.6 Å². The Balaban J connectivity index is 1.79. The van der Waals surface area contributed by atoms with Crippen LogP contribution in [0.1, 0.15) is 37.4 Å². The van der Waals surface area contributed by atoms with Gasteiger partial charge in [-0.1, -0.05) is 45.6 Å². The van der Waals surface area contributed by atoms with Crippen LogP contribution in [0.5, 0.6) is 5.75 Å². The van der Waals surface area contributed by atoms with Crippen molar-refractivity contribution in [2.24, 2.45) is 0 Å². The van der Waals surface area contributed by atoms with Crippen molar-refractivity contribution in [2.75, 3.05) is 17.2 Å². The number of halogens is 1. The summed E-state index contributed by atoms with van der Waals surface area (Å²) in [5.74, 6) is 0.920. The van der Waals surface area contributed by atoms with Crippen LogP contribution in [0.3, 0.4) is 0 Å². The standard InChI is InChI=1S/C22H23BrN6O2/c1-4-11-31-18-10-7-15(23)12-17(18)20-19(14(3)24-22-26-27-28-29(20)22)21(30)25-16-8-5-13(2)6-9-16/h5-10,12,20H,4,11H2,1-3H3,(H,25,30)(H,24,26,28). The van der Waals surface area contributed by atoms with Crippen molar-refractivity contribution in [1.29, 1.82) is 0 Å². The van der Waals surface area contributed by atoms with E-state index in [-0.39, 0.29) is 5.91 Å². The normalized spacial score (nSPS) is 15.3. The van der Waals surface area contributed by atoms with Crippen molar-refractivity contribution in [3.05, 3.63) is 69.3 Å². The number of aryl methyl sites for hydroxylation is 1. The van der Waals surface area contributed by atoms with E-state index in [0.717, 1.165) is 22.0 Å². The Labute approximate surface area is 188 Å². The highest BCUT2D eigenvalue weighted by atomic mass is 79.9. The van der Waals surface area contributed by atoms with E-state index in [4.69, 9.17) is 4.74 Å². The Morgan fingerprint density at radius 1 is 1.23 bits per heavy atom. The van der Waals surface area contributed by atoms with Gasteiger partial charge >= 0.3 is 0 Å². The SMILES string of the molecule is CCCOc1ccc(Br)cc1C1C(C(=O)Nc2ccc(C)cc2)=C(C)Nc2nnnn21. The Morgan fingerprint density at radius 2 is 2.00 bits per heavy atom. The van der Waals surface area contributed by atoms with Crippen LogP contribution in [0.2, 0.25) is 0 Å². The lowest BCUT2D eigenvalue weighted by Crippen LogP contribution is -2.31. The minimum Gasteiger partial charge on any atom is -0.493 e. The molecule has 1 aliphatic heterocycles. The van der Waals surface area contributed by atoms with E-state index in [1.54, 1.807) is 4.68 Å². The molecule has 160 valence electrons. The van der Waals surface area contributed by atoms with Crippen molar-refractivity contribution in [3.8, 4) is 5.75 Å². The Morgan fingerprint density at radius 3 is 2.74 bits per heavy atom. The summed E-state index contributed by atoms with van der Waals surface area (Å²) in [5.41, 5.74) is 3.83. The minimum atomic E-state index is -0.555. The molecule has 0 saturated heterocycles. The number of benzene rings is 2. The van der Waals surface area contributed by atoms with Gasteiger partial charge in [0, 0.05) is 21.4 Å². The molecule has 3 aromatic rings. The molecule has 0 fully saturated rings. The first kappa shape index (κ1) is 21.0. The summed E-state index contributed by atoms with van der Waals surface area (Å²) < 4.78 is 8.48. The fourth-order valence-corrected chi connectivity index (χ4v) is 3.88. The van der Waals surface area contributed by atoms with Gasteiger partial charge in [0.05, 0.1) is 12.2 Å². The molecule has 1 atom stereocenters. The molecule has 0 saturated carbocycles. The molecule has 1 amide bonds. The number of fused-ring (bicyclic) bond motifs is 1. The molecule has 2 aromatic carbocycles. The molecule has 31 heavy (non-hydrogen) atoms. The molecular weight excluding hydrogens is 460 g/mol. The molecule has 9 heteroatoms. The van der Waals surface area contributed by atoms with Crippen LogP contribution in [-0.4, -0.2) is 32.7 Å². The van der Waals surface area contributed by atoms with Crippen molar-refractivity contribution in [2.45, 2.75) is 33.2 Å². The number of carbonyl (C=O) groups is 1. The second kappa shape index (κ2) is 8.89. The molecule has 4 rings (SSSR count). The number of nitrogens with one attached hydrogen (secondary N) is 2. The maximum atomic E-state index is 13.4. The lowest BCUT2D eigenvalue weighted by atomic mass is 9.94. The highest BCUT2D eigenvalue weighted by Crippen LogP contribution is 2.40. The number of tetrazole rings is 1. The third-order valence-electron chi connectivity index (χ3n) is 5.00. The number of anilines is 2. The van der Waals surface area contributed by atoms with Gasteiger partial charge in [-0.15, -0.1) is 0 Å². The van der Waals surface area contributed by atoms with E-state index in [2.05, 4.69) is 42.1 Å². The third-order valence-corrected chi connectivity index (χ3v) is 5.49. The lowest BCUT2D eigenvalue weighted by Gasteiger charge is -2.29. The number of aromatic nitrogens is 4. The van der Waals surface area contributed by atoms with Crippen molar-refractivity contribution in [1.82, 2.24) is 20.2 Å². The first-order valence-electron chi connectivity index (χ1n) is 10.0. The first-order chi connectivity index (χ1) is 15.0. The molecule has 1 aliphatic rings. The van der Waals surface area contributed by atoms with Crippen LogP contribution in [0.15, 0.2) is 58.2 Å². The number of ether oxygens (including phenoxy) is 1. The molecule has 0 radical (unpaired) electrons. The number of hydrogen-bond acceptors (Lipinski definition) is 6. The van der Waals surface area contributed by atoms with Crippen molar-refractivity contribution < 1.29 is 9.53 Å². The quantitative estimate of drug-likeness (QED) is 0.538. The van der Waals surface area contributed by atoms with Crippen LogP contribution < -0.4 is 15.4 Å². The van der Waals surface area contributed by atoms with Gasteiger partial charge in [-0.3, -0.25) is 4.79 Å². The summed E-state index contributed by atoms with van der Waals surface area (Å²) in [7, 11) is 0. The minimum absolute atomic E-state index is 0.235. The summed E-state index contributed by atoms with van der Waals surface area (Å²) in [6.07, 6.45) is 0.869. The molecule has 2 N–H and O–H groups in total. The summed E-state index contributed by atoms with van der Waals surface area (Å²) in [5, 5.41) is 18.2.